The average molecular weight is 273 g/mol. The fourth-order valence-corrected chi connectivity index (χ4v) is 1.97. The van der Waals surface area contributed by atoms with Gasteiger partial charge in [-0.2, -0.15) is 0 Å². The summed E-state index contributed by atoms with van der Waals surface area (Å²) < 4.78 is 5.06. The van der Waals surface area contributed by atoms with Crippen LogP contribution in [-0.4, -0.2) is 23.6 Å². The van der Waals surface area contributed by atoms with Gasteiger partial charge in [0.25, 0.3) is 0 Å². The number of hydrogen-bond donors (Lipinski definition) is 2. The second-order valence-electron chi connectivity index (χ2n) is 4.24. The Morgan fingerprint density at radius 3 is 3.05 bits per heavy atom. The molecule has 0 aromatic carbocycles. The van der Waals surface area contributed by atoms with Crippen LogP contribution in [-0.2, 0) is 9.53 Å². The first kappa shape index (κ1) is 13.8. The number of urea groups is 1. The number of amides is 2. The molecule has 1 aromatic heterocycles. The average Bonchev–Trinajstić information content (AvgIpc) is 2.45. The summed E-state index contributed by atoms with van der Waals surface area (Å²) in [5.41, 5.74) is 1.54. The van der Waals surface area contributed by atoms with Crippen molar-refractivity contribution in [3.05, 3.63) is 54.0 Å². The number of esters is 1. The molecule has 1 aliphatic rings. The number of pyridine rings is 1. The van der Waals surface area contributed by atoms with E-state index in [2.05, 4.69) is 22.2 Å². The first-order valence-electron chi connectivity index (χ1n) is 6.09. The lowest BCUT2D eigenvalue weighted by molar-refractivity contribution is -0.138. The number of nitrogens with one attached hydrogen (secondary N) is 2. The van der Waals surface area contributed by atoms with E-state index in [0.29, 0.717) is 16.8 Å². The van der Waals surface area contributed by atoms with Gasteiger partial charge in [-0.1, -0.05) is 18.7 Å². The summed E-state index contributed by atoms with van der Waals surface area (Å²) in [5, 5.41) is 5.26. The van der Waals surface area contributed by atoms with E-state index in [4.69, 9.17) is 4.74 Å². The summed E-state index contributed by atoms with van der Waals surface area (Å²) in [6.07, 6.45) is 4.71. The molecule has 0 fully saturated rings. The second-order valence-corrected chi connectivity index (χ2v) is 4.24. The van der Waals surface area contributed by atoms with E-state index in [1.54, 1.807) is 31.5 Å². The molecule has 1 aliphatic heterocycles. The van der Waals surface area contributed by atoms with Gasteiger partial charge in [0.15, 0.2) is 0 Å². The predicted molar refractivity (Wildman–Crippen MR) is 72.5 cm³/mol. The third kappa shape index (κ3) is 2.85. The van der Waals surface area contributed by atoms with Gasteiger partial charge in [-0.25, -0.2) is 9.59 Å². The fourth-order valence-electron chi connectivity index (χ4n) is 1.97. The molecule has 1 atom stereocenters. The summed E-state index contributed by atoms with van der Waals surface area (Å²) in [6.45, 7) is 5.27. The summed E-state index contributed by atoms with van der Waals surface area (Å²) in [4.78, 5) is 27.7. The number of ether oxygens (including phenoxy) is 1. The SMILES string of the molecule is C=CCOC(=O)C1=C(C)NC(=O)N[C@H]1c1cccnc1. The van der Waals surface area contributed by atoms with Crippen LogP contribution >= 0.6 is 0 Å². The molecule has 2 heterocycles. The molecule has 2 amide bonds. The number of rotatable bonds is 4. The molecule has 6 heteroatoms. The quantitative estimate of drug-likeness (QED) is 0.642. The zero-order valence-electron chi connectivity index (χ0n) is 11.1. The number of hydrogen-bond acceptors (Lipinski definition) is 4. The molecule has 2 N–H and O–H groups in total. The van der Waals surface area contributed by atoms with Gasteiger partial charge in [-0.05, 0) is 18.6 Å². The van der Waals surface area contributed by atoms with Crippen molar-refractivity contribution in [2.24, 2.45) is 0 Å². The van der Waals surface area contributed by atoms with Gasteiger partial charge >= 0.3 is 12.0 Å². The van der Waals surface area contributed by atoms with E-state index in [0.717, 1.165) is 0 Å². The molecular weight excluding hydrogens is 258 g/mol. The summed E-state index contributed by atoms with van der Waals surface area (Å²) in [7, 11) is 0. The first-order valence-corrected chi connectivity index (χ1v) is 6.09. The van der Waals surface area contributed by atoms with E-state index >= 15 is 0 Å². The van der Waals surface area contributed by atoms with Crippen molar-refractivity contribution in [1.82, 2.24) is 15.6 Å². The highest BCUT2D eigenvalue weighted by molar-refractivity contribution is 5.95. The minimum atomic E-state index is -0.574. The van der Waals surface area contributed by atoms with Crippen LogP contribution < -0.4 is 10.6 Å². The first-order chi connectivity index (χ1) is 9.63. The topological polar surface area (TPSA) is 80.3 Å². The Kier molecular flexibility index (Phi) is 4.14. The smallest absolute Gasteiger partial charge is 0.338 e. The van der Waals surface area contributed by atoms with E-state index in [1.807, 2.05) is 0 Å². The lowest BCUT2D eigenvalue weighted by atomic mass is 9.97. The van der Waals surface area contributed by atoms with Gasteiger partial charge in [0.1, 0.15) is 6.61 Å². The zero-order valence-corrected chi connectivity index (χ0v) is 11.1. The predicted octanol–water partition coefficient (Wildman–Crippen LogP) is 1.44. The lowest BCUT2D eigenvalue weighted by Crippen LogP contribution is -2.45. The van der Waals surface area contributed by atoms with Crippen molar-refractivity contribution in [3.63, 3.8) is 0 Å². The number of aromatic nitrogens is 1. The van der Waals surface area contributed by atoms with Crippen LogP contribution in [0.4, 0.5) is 4.79 Å². The highest BCUT2D eigenvalue weighted by Crippen LogP contribution is 2.26. The van der Waals surface area contributed by atoms with Crippen LogP contribution in [0.1, 0.15) is 18.5 Å². The third-order valence-electron chi connectivity index (χ3n) is 2.84. The van der Waals surface area contributed by atoms with E-state index in [9.17, 15) is 9.59 Å². The Morgan fingerprint density at radius 2 is 2.40 bits per heavy atom. The minimum Gasteiger partial charge on any atom is -0.458 e. The molecule has 0 bridgehead atoms. The zero-order chi connectivity index (χ0) is 14.5. The minimum absolute atomic E-state index is 0.114. The molecule has 0 saturated heterocycles. The van der Waals surface area contributed by atoms with Crippen LogP contribution in [0.25, 0.3) is 0 Å². The highest BCUT2D eigenvalue weighted by atomic mass is 16.5. The van der Waals surface area contributed by atoms with Gasteiger partial charge in [0, 0.05) is 18.1 Å². The molecule has 0 unspecified atom stereocenters. The summed E-state index contributed by atoms with van der Waals surface area (Å²) >= 11 is 0. The number of carbonyl (C=O) groups is 2. The molecular formula is C14H15N3O3. The molecule has 0 saturated carbocycles. The maximum atomic E-state index is 12.1. The van der Waals surface area contributed by atoms with Crippen LogP contribution in [0.2, 0.25) is 0 Å². The van der Waals surface area contributed by atoms with Crippen molar-refractivity contribution in [2.45, 2.75) is 13.0 Å². The Hall–Kier alpha value is -2.63. The van der Waals surface area contributed by atoms with Crippen LogP contribution in [0.15, 0.2) is 48.5 Å². The van der Waals surface area contributed by atoms with Crippen molar-refractivity contribution >= 4 is 12.0 Å². The van der Waals surface area contributed by atoms with E-state index in [1.165, 1.54) is 6.08 Å². The Morgan fingerprint density at radius 1 is 1.60 bits per heavy atom. The van der Waals surface area contributed by atoms with Crippen molar-refractivity contribution in [3.8, 4) is 0 Å². The van der Waals surface area contributed by atoms with Gasteiger partial charge < -0.3 is 15.4 Å². The lowest BCUT2D eigenvalue weighted by Gasteiger charge is -2.27. The van der Waals surface area contributed by atoms with Crippen LogP contribution in [0.3, 0.4) is 0 Å². The van der Waals surface area contributed by atoms with Crippen molar-refractivity contribution < 1.29 is 14.3 Å². The molecule has 6 nitrogen and oxygen atoms in total. The monoisotopic (exact) mass is 273 g/mol. The van der Waals surface area contributed by atoms with Gasteiger partial charge in [-0.15, -0.1) is 0 Å². The molecule has 104 valence electrons. The molecule has 0 radical (unpaired) electrons. The third-order valence-corrected chi connectivity index (χ3v) is 2.84. The Bertz CT molecular complexity index is 566. The van der Waals surface area contributed by atoms with Crippen molar-refractivity contribution in [1.29, 1.82) is 0 Å². The Balaban J connectivity index is 2.36. The number of allylic oxidation sites excluding steroid dienone is 1. The van der Waals surface area contributed by atoms with Gasteiger partial charge in [0.2, 0.25) is 0 Å². The van der Waals surface area contributed by atoms with Gasteiger partial charge in [-0.3, -0.25) is 4.98 Å². The molecule has 20 heavy (non-hydrogen) atoms. The largest absolute Gasteiger partial charge is 0.458 e. The fraction of sp³-hybridized carbons (Fsp3) is 0.214. The van der Waals surface area contributed by atoms with Crippen molar-refractivity contribution in [2.75, 3.05) is 6.61 Å². The Labute approximate surface area is 116 Å². The summed E-state index contributed by atoms with van der Waals surface area (Å²) in [6, 6.07) is 2.59. The number of nitrogens with zero attached hydrogens (tertiary/aromatic N) is 1. The van der Waals surface area contributed by atoms with Gasteiger partial charge in [0.05, 0.1) is 11.6 Å². The van der Waals surface area contributed by atoms with E-state index in [-0.39, 0.29) is 12.6 Å². The normalized spacial score (nSPS) is 18.1. The maximum absolute atomic E-state index is 12.1. The summed E-state index contributed by atoms with van der Waals surface area (Å²) in [5.74, 6) is -0.497. The highest BCUT2D eigenvalue weighted by Gasteiger charge is 2.32. The van der Waals surface area contributed by atoms with Crippen LogP contribution in [0.5, 0.6) is 0 Å². The molecule has 0 spiro atoms. The molecule has 1 aromatic rings. The second kappa shape index (κ2) is 6.01. The molecule has 0 aliphatic carbocycles. The maximum Gasteiger partial charge on any atom is 0.338 e. The number of carbonyl (C=O) groups excluding carboxylic acids is 2. The van der Waals surface area contributed by atoms with Crippen LogP contribution in [0, 0.1) is 0 Å². The van der Waals surface area contributed by atoms with E-state index < -0.39 is 12.0 Å². The standard InChI is InChI=1S/C14H15N3O3/c1-3-7-20-13(18)11-9(2)16-14(19)17-12(11)10-5-4-6-15-8-10/h3-6,8,12H,1,7H2,2H3,(H2,16,17,19)/t12-/m0/s1. The molecule has 2 rings (SSSR count).